The second kappa shape index (κ2) is 5.28. The Balaban J connectivity index is 1.84. The van der Waals surface area contributed by atoms with Crippen LogP contribution >= 0.6 is 11.3 Å². The number of thiazole rings is 1. The van der Waals surface area contributed by atoms with Crippen molar-refractivity contribution in [1.82, 2.24) is 10.3 Å². The third kappa shape index (κ3) is 3.56. The monoisotopic (exact) mass is 238 g/mol. The van der Waals surface area contributed by atoms with Gasteiger partial charge < -0.3 is 5.32 Å². The molecule has 1 aliphatic rings. The Hall–Kier alpha value is -0.410. The lowest BCUT2D eigenvalue weighted by Crippen LogP contribution is -2.18. The van der Waals surface area contributed by atoms with Gasteiger partial charge in [-0.05, 0) is 38.1 Å². The normalized spacial score (nSPS) is 16.0. The van der Waals surface area contributed by atoms with Crippen LogP contribution in [0.15, 0.2) is 0 Å². The fraction of sp³-hybridized carbons (Fsp3) is 0.769. The van der Waals surface area contributed by atoms with Gasteiger partial charge in [0.15, 0.2) is 0 Å². The number of aromatic nitrogens is 1. The first-order valence-corrected chi connectivity index (χ1v) is 7.12. The predicted molar refractivity (Wildman–Crippen MR) is 69.8 cm³/mol. The van der Waals surface area contributed by atoms with Gasteiger partial charge in [0.25, 0.3) is 0 Å². The number of nitrogens with zero attached hydrogens (tertiary/aromatic N) is 1. The van der Waals surface area contributed by atoms with Crippen LogP contribution in [0.1, 0.15) is 42.3 Å². The van der Waals surface area contributed by atoms with Crippen LogP contribution in [0.5, 0.6) is 0 Å². The Morgan fingerprint density at radius 2 is 2.19 bits per heavy atom. The van der Waals surface area contributed by atoms with Gasteiger partial charge in [0.05, 0.1) is 10.7 Å². The average molecular weight is 238 g/mol. The van der Waals surface area contributed by atoms with Crippen LogP contribution in [0.4, 0.5) is 0 Å². The van der Waals surface area contributed by atoms with Gasteiger partial charge in [-0.2, -0.15) is 0 Å². The van der Waals surface area contributed by atoms with Crippen LogP contribution in [-0.4, -0.2) is 11.5 Å². The van der Waals surface area contributed by atoms with Crippen molar-refractivity contribution >= 4 is 11.3 Å². The molecule has 0 aromatic carbocycles. The van der Waals surface area contributed by atoms with Gasteiger partial charge in [0.2, 0.25) is 0 Å². The molecule has 3 heteroatoms. The summed E-state index contributed by atoms with van der Waals surface area (Å²) in [6.07, 6.45) is 4.05. The number of aryl methyl sites for hydroxylation is 1. The predicted octanol–water partition coefficient (Wildman–Crippen LogP) is 3.15. The van der Waals surface area contributed by atoms with Crippen LogP contribution in [0.25, 0.3) is 0 Å². The molecule has 0 radical (unpaired) electrons. The summed E-state index contributed by atoms with van der Waals surface area (Å²) < 4.78 is 0. The van der Waals surface area contributed by atoms with Gasteiger partial charge in [-0.1, -0.05) is 13.8 Å². The van der Waals surface area contributed by atoms with Gasteiger partial charge >= 0.3 is 0 Å². The molecule has 0 atom stereocenters. The Labute approximate surface area is 102 Å². The first-order chi connectivity index (χ1) is 7.65. The van der Waals surface area contributed by atoms with Crippen molar-refractivity contribution in [2.75, 3.05) is 6.54 Å². The summed E-state index contributed by atoms with van der Waals surface area (Å²) in [5.74, 6) is 1.67. The molecule has 1 saturated carbocycles. The van der Waals surface area contributed by atoms with Crippen molar-refractivity contribution in [1.29, 1.82) is 0 Å². The van der Waals surface area contributed by atoms with Gasteiger partial charge in [-0.15, -0.1) is 11.3 Å². The van der Waals surface area contributed by atoms with E-state index in [9.17, 15) is 0 Å². The van der Waals surface area contributed by atoms with E-state index < -0.39 is 0 Å². The molecule has 0 saturated heterocycles. The maximum absolute atomic E-state index is 4.67. The van der Waals surface area contributed by atoms with Crippen LogP contribution in [-0.2, 0) is 13.0 Å². The lowest BCUT2D eigenvalue weighted by Gasteiger charge is -2.05. The lowest BCUT2D eigenvalue weighted by atomic mass is 10.2. The molecule has 0 aliphatic heterocycles. The van der Waals surface area contributed by atoms with Crippen LogP contribution in [0, 0.1) is 18.8 Å². The fourth-order valence-corrected chi connectivity index (χ4v) is 2.94. The molecule has 0 unspecified atom stereocenters. The number of hydrogen-bond acceptors (Lipinski definition) is 3. The van der Waals surface area contributed by atoms with E-state index in [0.29, 0.717) is 0 Å². The molecule has 1 aliphatic carbocycles. The molecule has 1 heterocycles. The van der Waals surface area contributed by atoms with E-state index in [2.05, 4.69) is 31.1 Å². The summed E-state index contributed by atoms with van der Waals surface area (Å²) in [6.45, 7) is 8.71. The number of nitrogens with one attached hydrogen (secondary N) is 1. The minimum Gasteiger partial charge on any atom is -0.312 e. The largest absolute Gasteiger partial charge is 0.312 e. The standard InChI is InChI=1S/C13H22N2S/c1-9(2)7-14-8-12-10(3)15-13(16-12)6-11-4-5-11/h9,11,14H,4-8H2,1-3H3. The Kier molecular flexibility index (Phi) is 3.98. The molecule has 1 fully saturated rings. The highest BCUT2D eigenvalue weighted by Crippen LogP contribution is 2.34. The Bertz CT molecular complexity index is 340. The maximum atomic E-state index is 4.67. The van der Waals surface area contributed by atoms with Crippen molar-refractivity contribution in [3.05, 3.63) is 15.6 Å². The summed E-state index contributed by atoms with van der Waals surface area (Å²) in [7, 11) is 0. The second-order valence-corrected chi connectivity index (χ2v) is 6.46. The highest BCUT2D eigenvalue weighted by molar-refractivity contribution is 7.11. The Morgan fingerprint density at radius 1 is 1.44 bits per heavy atom. The quantitative estimate of drug-likeness (QED) is 0.823. The first kappa shape index (κ1) is 12.1. The van der Waals surface area contributed by atoms with Crippen molar-refractivity contribution in [3.8, 4) is 0 Å². The zero-order valence-corrected chi connectivity index (χ0v) is 11.4. The third-order valence-electron chi connectivity index (χ3n) is 2.94. The fourth-order valence-electron chi connectivity index (χ4n) is 1.78. The highest BCUT2D eigenvalue weighted by Gasteiger charge is 2.23. The smallest absolute Gasteiger partial charge is 0.0934 e. The minimum atomic E-state index is 0.721. The minimum absolute atomic E-state index is 0.721. The van der Waals surface area contributed by atoms with Gasteiger partial charge in [-0.25, -0.2) is 4.98 Å². The molecule has 1 aromatic heterocycles. The molecule has 90 valence electrons. The van der Waals surface area contributed by atoms with E-state index >= 15 is 0 Å². The molecule has 2 rings (SSSR count). The van der Waals surface area contributed by atoms with Gasteiger partial charge in [0, 0.05) is 17.8 Å². The van der Waals surface area contributed by atoms with Crippen molar-refractivity contribution < 1.29 is 0 Å². The zero-order valence-electron chi connectivity index (χ0n) is 10.5. The molecule has 1 N–H and O–H groups in total. The zero-order chi connectivity index (χ0) is 11.5. The molecule has 0 amide bonds. The van der Waals surface area contributed by atoms with E-state index in [0.717, 1.165) is 24.9 Å². The van der Waals surface area contributed by atoms with Crippen LogP contribution in [0.2, 0.25) is 0 Å². The molecular weight excluding hydrogens is 216 g/mol. The van der Waals surface area contributed by atoms with E-state index in [1.807, 2.05) is 11.3 Å². The van der Waals surface area contributed by atoms with Crippen molar-refractivity contribution in [2.24, 2.45) is 11.8 Å². The molecule has 0 bridgehead atoms. The van der Waals surface area contributed by atoms with Gasteiger partial charge in [-0.3, -0.25) is 0 Å². The molecular formula is C13H22N2S. The van der Waals surface area contributed by atoms with E-state index in [-0.39, 0.29) is 0 Å². The van der Waals surface area contributed by atoms with E-state index in [1.165, 1.54) is 34.8 Å². The van der Waals surface area contributed by atoms with E-state index in [4.69, 9.17) is 0 Å². The molecule has 16 heavy (non-hydrogen) atoms. The van der Waals surface area contributed by atoms with E-state index in [1.54, 1.807) is 0 Å². The summed E-state index contributed by atoms with van der Waals surface area (Å²) in [5.41, 5.74) is 1.23. The molecule has 0 spiro atoms. The molecule has 1 aromatic rings. The summed E-state index contributed by atoms with van der Waals surface area (Å²) in [4.78, 5) is 6.09. The topological polar surface area (TPSA) is 24.9 Å². The maximum Gasteiger partial charge on any atom is 0.0934 e. The third-order valence-corrected chi connectivity index (χ3v) is 4.12. The van der Waals surface area contributed by atoms with Crippen LogP contribution < -0.4 is 5.32 Å². The summed E-state index contributed by atoms with van der Waals surface area (Å²) in [6, 6.07) is 0. The SMILES string of the molecule is Cc1nc(CC2CC2)sc1CNCC(C)C. The van der Waals surface area contributed by atoms with Gasteiger partial charge in [0.1, 0.15) is 0 Å². The summed E-state index contributed by atoms with van der Waals surface area (Å²) in [5, 5.41) is 4.84. The van der Waals surface area contributed by atoms with Crippen LogP contribution in [0.3, 0.4) is 0 Å². The average Bonchev–Trinajstić information content (AvgIpc) is 2.92. The lowest BCUT2D eigenvalue weighted by molar-refractivity contribution is 0.554. The second-order valence-electron chi connectivity index (χ2n) is 5.29. The number of rotatable bonds is 6. The highest BCUT2D eigenvalue weighted by atomic mass is 32.1. The first-order valence-electron chi connectivity index (χ1n) is 6.31. The number of hydrogen-bond donors (Lipinski definition) is 1. The summed E-state index contributed by atoms with van der Waals surface area (Å²) >= 11 is 1.91. The Morgan fingerprint density at radius 3 is 2.81 bits per heavy atom. The molecule has 2 nitrogen and oxygen atoms in total. The van der Waals surface area contributed by atoms with Crippen molar-refractivity contribution in [2.45, 2.75) is 46.6 Å². The van der Waals surface area contributed by atoms with Crippen molar-refractivity contribution in [3.63, 3.8) is 0 Å².